The molecule has 2 rings (SSSR count). The van der Waals surface area contributed by atoms with E-state index in [1.54, 1.807) is 6.26 Å². The zero-order chi connectivity index (χ0) is 12.1. The van der Waals surface area contributed by atoms with Crippen molar-refractivity contribution in [3.8, 4) is 0 Å². The first-order valence-corrected chi connectivity index (χ1v) is 6.76. The molecule has 3 atom stereocenters. The molecule has 0 spiro atoms. The first-order valence-electron chi connectivity index (χ1n) is 6.76. The van der Waals surface area contributed by atoms with Gasteiger partial charge in [0.05, 0.1) is 6.26 Å². The standard InChI is InChI=1S/C14H24N2O/c1-11(9-13-5-3-7-15-13)16-12(2)10-14-6-4-8-17-14/h4,6,8,11-13,15-16H,3,5,7,9-10H2,1-2H3. The van der Waals surface area contributed by atoms with Gasteiger partial charge in [-0.15, -0.1) is 0 Å². The normalized spacial score (nSPS) is 23.8. The Labute approximate surface area is 104 Å². The van der Waals surface area contributed by atoms with Gasteiger partial charge in [-0.2, -0.15) is 0 Å². The van der Waals surface area contributed by atoms with Gasteiger partial charge in [-0.25, -0.2) is 0 Å². The molecular formula is C14H24N2O. The molecule has 1 aliphatic rings. The second-order valence-electron chi connectivity index (χ2n) is 5.28. The predicted octanol–water partition coefficient (Wildman–Crippen LogP) is 2.33. The van der Waals surface area contributed by atoms with Crippen molar-refractivity contribution >= 4 is 0 Å². The maximum Gasteiger partial charge on any atom is 0.105 e. The van der Waals surface area contributed by atoms with Gasteiger partial charge in [0.15, 0.2) is 0 Å². The lowest BCUT2D eigenvalue weighted by molar-refractivity contribution is 0.384. The molecule has 0 amide bonds. The van der Waals surface area contributed by atoms with E-state index in [9.17, 15) is 0 Å². The van der Waals surface area contributed by atoms with Crippen molar-refractivity contribution in [2.75, 3.05) is 6.54 Å². The van der Waals surface area contributed by atoms with E-state index in [0.29, 0.717) is 18.1 Å². The van der Waals surface area contributed by atoms with Crippen LogP contribution in [-0.2, 0) is 6.42 Å². The van der Waals surface area contributed by atoms with Crippen molar-refractivity contribution in [1.29, 1.82) is 0 Å². The Morgan fingerprint density at radius 2 is 2.35 bits per heavy atom. The molecule has 17 heavy (non-hydrogen) atoms. The van der Waals surface area contributed by atoms with Crippen LogP contribution >= 0.6 is 0 Å². The van der Waals surface area contributed by atoms with E-state index in [-0.39, 0.29) is 0 Å². The summed E-state index contributed by atoms with van der Waals surface area (Å²) in [7, 11) is 0. The Morgan fingerprint density at radius 3 is 3.00 bits per heavy atom. The van der Waals surface area contributed by atoms with Crippen LogP contribution in [0.25, 0.3) is 0 Å². The number of nitrogens with one attached hydrogen (secondary N) is 2. The van der Waals surface area contributed by atoms with Crippen molar-refractivity contribution in [3.63, 3.8) is 0 Å². The van der Waals surface area contributed by atoms with Gasteiger partial charge in [-0.1, -0.05) is 0 Å². The fourth-order valence-electron chi connectivity index (χ4n) is 2.73. The van der Waals surface area contributed by atoms with E-state index >= 15 is 0 Å². The molecule has 1 saturated heterocycles. The third kappa shape index (κ3) is 4.17. The van der Waals surface area contributed by atoms with Crippen molar-refractivity contribution in [1.82, 2.24) is 10.6 Å². The summed E-state index contributed by atoms with van der Waals surface area (Å²) in [6.45, 7) is 5.69. The molecule has 2 heterocycles. The van der Waals surface area contributed by atoms with Crippen LogP contribution in [0.1, 0.15) is 38.9 Å². The summed E-state index contributed by atoms with van der Waals surface area (Å²) in [6, 6.07) is 5.75. The number of hydrogen-bond donors (Lipinski definition) is 2. The van der Waals surface area contributed by atoms with E-state index in [2.05, 4.69) is 24.5 Å². The van der Waals surface area contributed by atoms with Crippen LogP contribution in [-0.4, -0.2) is 24.7 Å². The maximum atomic E-state index is 5.37. The summed E-state index contributed by atoms with van der Waals surface area (Å²) >= 11 is 0. The molecule has 3 nitrogen and oxygen atoms in total. The molecule has 96 valence electrons. The largest absolute Gasteiger partial charge is 0.469 e. The highest BCUT2D eigenvalue weighted by Crippen LogP contribution is 2.12. The van der Waals surface area contributed by atoms with E-state index in [4.69, 9.17) is 4.42 Å². The van der Waals surface area contributed by atoms with E-state index in [0.717, 1.165) is 12.2 Å². The maximum absolute atomic E-state index is 5.37. The Morgan fingerprint density at radius 1 is 1.47 bits per heavy atom. The number of rotatable bonds is 6. The molecule has 0 aromatic carbocycles. The summed E-state index contributed by atoms with van der Waals surface area (Å²) in [5.74, 6) is 1.07. The third-order valence-electron chi connectivity index (χ3n) is 3.46. The fourth-order valence-corrected chi connectivity index (χ4v) is 2.73. The van der Waals surface area contributed by atoms with Gasteiger partial charge >= 0.3 is 0 Å². The molecule has 0 radical (unpaired) electrons. The van der Waals surface area contributed by atoms with Gasteiger partial charge < -0.3 is 15.1 Å². The second-order valence-corrected chi connectivity index (χ2v) is 5.28. The van der Waals surface area contributed by atoms with E-state index < -0.39 is 0 Å². The third-order valence-corrected chi connectivity index (χ3v) is 3.46. The van der Waals surface area contributed by atoms with E-state index in [1.807, 2.05) is 12.1 Å². The predicted molar refractivity (Wildman–Crippen MR) is 70.1 cm³/mol. The molecule has 0 aliphatic carbocycles. The molecule has 3 unspecified atom stereocenters. The molecule has 1 aliphatic heterocycles. The lowest BCUT2D eigenvalue weighted by atomic mass is 10.1. The lowest BCUT2D eigenvalue weighted by Gasteiger charge is -2.22. The van der Waals surface area contributed by atoms with Gasteiger partial charge in [-0.3, -0.25) is 0 Å². The molecule has 1 fully saturated rings. The number of furan rings is 1. The molecule has 3 heteroatoms. The zero-order valence-corrected chi connectivity index (χ0v) is 10.9. The van der Waals surface area contributed by atoms with Gasteiger partial charge in [0.25, 0.3) is 0 Å². The minimum Gasteiger partial charge on any atom is -0.469 e. The molecule has 0 bridgehead atoms. The minimum atomic E-state index is 0.470. The van der Waals surface area contributed by atoms with Crippen LogP contribution < -0.4 is 10.6 Å². The van der Waals surface area contributed by atoms with Crippen LogP contribution in [0.15, 0.2) is 22.8 Å². The van der Waals surface area contributed by atoms with Crippen LogP contribution in [0.4, 0.5) is 0 Å². The zero-order valence-electron chi connectivity index (χ0n) is 10.9. The Hall–Kier alpha value is -0.800. The summed E-state index contributed by atoms with van der Waals surface area (Å²) in [5.41, 5.74) is 0. The molecule has 1 aromatic rings. The molecule has 2 N–H and O–H groups in total. The van der Waals surface area contributed by atoms with Crippen LogP contribution in [0.2, 0.25) is 0 Å². The van der Waals surface area contributed by atoms with Crippen molar-refractivity contribution in [2.45, 2.75) is 57.7 Å². The average Bonchev–Trinajstić information content (AvgIpc) is 2.90. The average molecular weight is 236 g/mol. The summed E-state index contributed by atoms with van der Waals surface area (Å²) < 4.78 is 5.37. The van der Waals surface area contributed by atoms with Gasteiger partial charge in [0.1, 0.15) is 5.76 Å². The van der Waals surface area contributed by atoms with Crippen LogP contribution in [0, 0.1) is 0 Å². The smallest absolute Gasteiger partial charge is 0.105 e. The Balaban J connectivity index is 1.68. The Kier molecular flexibility index (Phi) is 4.63. The molecule has 0 saturated carbocycles. The van der Waals surface area contributed by atoms with Crippen molar-refractivity contribution in [3.05, 3.63) is 24.2 Å². The number of hydrogen-bond acceptors (Lipinski definition) is 3. The Bertz CT molecular complexity index is 304. The summed E-state index contributed by atoms with van der Waals surface area (Å²) in [4.78, 5) is 0. The quantitative estimate of drug-likeness (QED) is 0.796. The first-order chi connectivity index (χ1) is 8.24. The second kappa shape index (κ2) is 6.22. The van der Waals surface area contributed by atoms with Crippen LogP contribution in [0.5, 0.6) is 0 Å². The molecule has 1 aromatic heterocycles. The lowest BCUT2D eigenvalue weighted by Crippen LogP contribution is -2.39. The first kappa shape index (κ1) is 12.7. The van der Waals surface area contributed by atoms with Gasteiger partial charge in [-0.05, 0) is 51.8 Å². The van der Waals surface area contributed by atoms with Crippen LogP contribution in [0.3, 0.4) is 0 Å². The van der Waals surface area contributed by atoms with Gasteiger partial charge in [0.2, 0.25) is 0 Å². The summed E-state index contributed by atoms with van der Waals surface area (Å²) in [5, 5.41) is 7.19. The van der Waals surface area contributed by atoms with Crippen molar-refractivity contribution < 1.29 is 4.42 Å². The minimum absolute atomic E-state index is 0.470. The monoisotopic (exact) mass is 236 g/mol. The molecular weight excluding hydrogens is 212 g/mol. The summed E-state index contributed by atoms with van der Waals surface area (Å²) in [6.07, 6.45) is 6.60. The van der Waals surface area contributed by atoms with E-state index in [1.165, 1.54) is 25.8 Å². The highest BCUT2D eigenvalue weighted by atomic mass is 16.3. The fraction of sp³-hybridized carbons (Fsp3) is 0.714. The SMILES string of the molecule is CC(Cc1ccco1)NC(C)CC1CCCN1. The van der Waals surface area contributed by atoms with Crippen molar-refractivity contribution in [2.24, 2.45) is 0 Å². The van der Waals surface area contributed by atoms with Gasteiger partial charge in [0, 0.05) is 24.5 Å². The highest BCUT2D eigenvalue weighted by Gasteiger charge is 2.18. The topological polar surface area (TPSA) is 37.2 Å². The highest BCUT2D eigenvalue weighted by molar-refractivity contribution is 5.00.